The Bertz CT molecular complexity index is 216. The number of hydrogen-bond acceptors (Lipinski definition) is 1. The average Bonchev–Trinajstić information content (AvgIpc) is 2.04. The maximum absolute atomic E-state index is 8.35. The molecular weight excluding hydrogens is 146 g/mol. The van der Waals surface area contributed by atoms with Crippen LogP contribution in [0.5, 0.6) is 0 Å². The van der Waals surface area contributed by atoms with E-state index in [1.54, 1.807) is 6.08 Å². The van der Waals surface area contributed by atoms with Gasteiger partial charge in [-0.15, -0.1) is 0 Å². The number of nitriles is 1. The highest BCUT2D eigenvalue weighted by Crippen LogP contribution is 2.07. The van der Waals surface area contributed by atoms with Crippen LogP contribution in [0.15, 0.2) is 23.3 Å². The predicted octanol–water partition coefficient (Wildman–Crippen LogP) is 3.59. The molecule has 0 aromatic carbocycles. The van der Waals surface area contributed by atoms with Crippen molar-refractivity contribution < 1.29 is 0 Å². The molecule has 0 bridgehead atoms. The van der Waals surface area contributed by atoms with Gasteiger partial charge in [0.1, 0.15) is 0 Å². The summed E-state index contributed by atoms with van der Waals surface area (Å²) in [4.78, 5) is 0. The summed E-state index contributed by atoms with van der Waals surface area (Å²) >= 11 is 0. The molecule has 1 heteroatoms. The molecule has 0 N–H and O–H groups in total. The maximum Gasteiger partial charge on any atom is 0.0911 e. The second-order valence-corrected chi connectivity index (χ2v) is 3.06. The van der Waals surface area contributed by atoms with Gasteiger partial charge in [-0.05, 0) is 33.1 Å². The average molecular weight is 163 g/mol. The monoisotopic (exact) mass is 163 g/mol. The van der Waals surface area contributed by atoms with Crippen molar-refractivity contribution in [3.8, 4) is 6.07 Å². The molecule has 0 aliphatic carbocycles. The summed E-state index contributed by atoms with van der Waals surface area (Å²) in [5.41, 5.74) is 2.59. The van der Waals surface area contributed by atoms with Crippen LogP contribution in [-0.4, -0.2) is 0 Å². The zero-order chi connectivity index (χ0) is 9.40. The van der Waals surface area contributed by atoms with Crippen molar-refractivity contribution in [3.63, 3.8) is 0 Å². The van der Waals surface area contributed by atoms with Gasteiger partial charge in [0.25, 0.3) is 0 Å². The van der Waals surface area contributed by atoms with Gasteiger partial charge < -0.3 is 0 Å². The second kappa shape index (κ2) is 6.67. The Morgan fingerprint density at radius 3 is 2.50 bits per heavy atom. The normalized spacial score (nSPS) is 12.8. The molecular formula is C11H17N. The standard InChI is InChI=1S/C11H17N/c1-4-10(2)6-5-7-11(3)8-9-12/h6,8H,4-5,7H2,1-3H3/b10-6+,11-8-. The van der Waals surface area contributed by atoms with Crippen LogP contribution in [0.2, 0.25) is 0 Å². The number of allylic oxidation sites excluding steroid dienone is 4. The van der Waals surface area contributed by atoms with Gasteiger partial charge in [-0.2, -0.15) is 5.26 Å². The molecule has 0 aromatic rings. The molecule has 0 aliphatic heterocycles. The van der Waals surface area contributed by atoms with Gasteiger partial charge in [-0.3, -0.25) is 0 Å². The Labute approximate surface area is 75.4 Å². The predicted molar refractivity (Wildman–Crippen MR) is 52.7 cm³/mol. The summed E-state index contributed by atoms with van der Waals surface area (Å²) < 4.78 is 0. The molecule has 0 unspecified atom stereocenters. The van der Waals surface area contributed by atoms with E-state index in [-0.39, 0.29) is 0 Å². The zero-order valence-electron chi connectivity index (χ0n) is 8.22. The van der Waals surface area contributed by atoms with E-state index in [4.69, 9.17) is 5.26 Å². The molecule has 0 saturated heterocycles. The van der Waals surface area contributed by atoms with Crippen molar-refractivity contribution in [2.45, 2.75) is 40.0 Å². The van der Waals surface area contributed by atoms with Gasteiger partial charge in [0.15, 0.2) is 0 Å². The minimum absolute atomic E-state index is 1.00. The highest BCUT2D eigenvalue weighted by Gasteiger charge is 1.88. The van der Waals surface area contributed by atoms with E-state index >= 15 is 0 Å². The molecule has 0 rings (SSSR count). The Kier molecular flexibility index (Phi) is 6.09. The van der Waals surface area contributed by atoms with Crippen molar-refractivity contribution in [2.24, 2.45) is 0 Å². The molecule has 0 heterocycles. The lowest BCUT2D eigenvalue weighted by atomic mass is 10.1. The van der Waals surface area contributed by atoms with Crippen LogP contribution in [0.3, 0.4) is 0 Å². The highest BCUT2D eigenvalue weighted by molar-refractivity contribution is 5.12. The lowest BCUT2D eigenvalue weighted by Crippen LogP contribution is -1.77. The van der Waals surface area contributed by atoms with Gasteiger partial charge in [0, 0.05) is 6.08 Å². The third kappa shape index (κ3) is 5.73. The van der Waals surface area contributed by atoms with E-state index in [0.29, 0.717) is 0 Å². The third-order valence-electron chi connectivity index (χ3n) is 1.90. The first kappa shape index (κ1) is 11.0. The fourth-order valence-corrected chi connectivity index (χ4v) is 0.873. The lowest BCUT2D eigenvalue weighted by molar-refractivity contribution is 0.951. The van der Waals surface area contributed by atoms with Crippen molar-refractivity contribution in [2.75, 3.05) is 0 Å². The minimum atomic E-state index is 1.00. The molecule has 0 aliphatic rings. The first-order chi connectivity index (χ1) is 5.70. The summed E-state index contributed by atoms with van der Waals surface area (Å²) in [6.07, 6.45) is 7.05. The lowest BCUT2D eigenvalue weighted by Gasteiger charge is -1.96. The van der Waals surface area contributed by atoms with Crippen LogP contribution in [0, 0.1) is 11.3 Å². The number of hydrogen-bond donors (Lipinski definition) is 0. The molecule has 0 amide bonds. The van der Waals surface area contributed by atoms with Gasteiger partial charge >= 0.3 is 0 Å². The van der Waals surface area contributed by atoms with Crippen molar-refractivity contribution in [1.82, 2.24) is 0 Å². The maximum atomic E-state index is 8.35. The smallest absolute Gasteiger partial charge is 0.0911 e. The van der Waals surface area contributed by atoms with E-state index in [1.807, 2.05) is 13.0 Å². The first-order valence-electron chi connectivity index (χ1n) is 4.41. The third-order valence-corrected chi connectivity index (χ3v) is 1.90. The summed E-state index contributed by atoms with van der Waals surface area (Å²) in [5, 5.41) is 8.35. The number of rotatable bonds is 4. The summed E-state index contributed by atoms with van der Waals surface area (Å²) in [6.45, 7) is 6.30. The highest BCUT2D eigenvalue weighted by atomic mass is 14.2. The second-order valence-electron chi connectivity index (χ2n) is 3.06. The Morgan fingerprint density at radius 2 is 2.00 bits per heavy atom. The van der Waals surface area contributed by atoms with Crippen LogP contribution < -0.4 is 0 Å². The van der Waals surface area contributed by atoms with Gasteiger partial charge in [0.05, 0.1) is 6.07 Å². The molecule has 0 atom stereocenters. The topological polar surface area (TPSA) is 23.8 Å². The molecule has 0 radical (unpaired) electrons. The fraction of sp³-hybridized carbons (Fsp3) is 0.545. The van der Waals surface area contributed by atoms with Gasteiger partial charge in [-0.25, -0.2) is 0 Å². The van der Waals surface area contributed by atoms with Crippen molar-refractivity contribution in [1.29, 1.82) is 5.26 Å². The van der Waals surface area contributed by atoms with E-state index in [9.17, 15) is 0 Å². The fourth-order valence-electron chi connectivity index (χ4n) is 0.873. The largest absolute Gasteiger partial charge is 0.193 e. The van der Waals surface area contributed by atoms with Crippen LogP contribution in [-0.2, 0) is 0 Å². The summed E-state index contributed by atoms with van der Waals surface area (Å²) in [5.74, 6) is 0. The Balaban J connectivity index is 3.72. The first-order valence-corrected chi connectivity index (χ1v) is 4.41. The molecule has 12 heavy (non-hydrogen) atoms. The molecule has 0 aromatic heterocycles. The number of nitrogens with zero attached hydrogens (tertiary/aromatic N) is 1. The summed E-state index contributed by atoms with van der Waals surface area (Å²) in [7, 11) is 0. The van der Waals surface area contributed by atoms with Crippen LogP contribution in [0.1, 0.15) is 40.0 Å². The van der Waals surface area contributed by atoms with Crippen molar-refractivity contribution in [3.05, 3.63) is 23.3 Å². The summed E-state index contributed by atoms with van der Waals surface area (Å²) in [6, 6.07) is 2.04. The van der Waals surface area contributed by atoms with E-state index in [2.05, 4.69) is 19.9 Å². The molecule has 0 spiro atoms. The minimum Gasteiger partial charge on any atom is -0.193 e. The zero-order valence-corrected chi connectivity index (χ0v) is 8.22. The molecule has 66 valence electrons. The van der Waals surface area contributed by atoms with Crippen LogP contribution >= 0.6 is 0 Å². The Hall–Kier alpha value is -1.03. The Morgan fingerprint density at radius 1 is 1.33 bits per heavy atom. The van der Waals surface area contributed by atoms with E-state index < -0.39 is 0 Å². The van der Waals surface area contributed by atoms with Crippen LogP contribution in [0.25, 0.3) is 0 Å². The molecule has 0 saturated carbocycles. The molecule has 0 fully saturated rings. The quantitative estimate of drug-likeness (QED) is 0.459. The van der Waals surface area contributed by atoms with Crippen molar-refractivity contribution >= 4 is 0 Å². The van der Waals surface area contributed by atoms with Gasteiger partial charge in [0.2, 0.25) is 0 Å². The van der Waals surface area contributed by atoms with E-state index in [0.717, 1.165) is 24.8 Å². The SMILES string of the molecule is CC/C(C)=C/CC/C(C)=C\C#N. The molecule has 1 nitrogen and oxygen atoms in total. The van der Waals surface area contributed by atoms with E-state index in [1.165, 1.54) is 5.57 Å². The van der Waals surface area contributed by atoms with Crippen LogP contribution in [0.4, 0.5) is 0 Å². The van der Waals surface area contributed by atoms with Gasteiger partial charge in [-0.1, -0.05) is 24.1 Å².